The summed E-state index contributed by atoms with van der Waals surface area (Å²) in [5.74, 6) is 0.747. The first kappa shape index (κ1) is 22.3. The van der Waals surface area contributed by atoms with Crippen molar-refractivity contribution in [3.63, 3.8) is 0 Å². The second kappa shape index (κ2) is 8.39. The van der Waals surface area contributed by atoms with E-state index in [1.165, 1.54) is 23.8 Å². The van der Waals surface area contributed by atoms with Gasteiger partial charge in [0, 0.05) is 25.1 Å². The Hall–Kier alpha value is -3.47. The van der Waals surface area contributed by atoms with E-state index in [2.05, 4.69) is 20.1 Å². The third-order valence-corrected chi connectivity index (χ3v) is 6.80. The molecule has 0 unspecified atom stereocenters. The van der Waals surface area contributed by atoms with Gasteiger partial charge in [-0.15, -0.1) is 5.10 Å². The minimum Gasteiger partial charge on any atom is -0.494 e. The Bertz CT molecular complexity index is 1360. The SMILES string of the molecule is COc1cc(F)cc2c1nc(N)n1nc([C@@H]3CCCN(c4cnn([C@H](C)[C@@H](C)O)c4C)C3)nc21. The molecular formula is C23H29FN8O2. The van der Waals surface area contributed by atoms with Crippen LogP contribution in [-0.2, 0) is 0 Å². The second-order valence-corrected chi connectivity index (χ2v) is 9.01. The Morgan fingerprint density at radius 3 is 2.79 bits per heavy atom. The summed E-state index contributed by atoms with van der Waals surface area (Å²) in [6, 6.07) is 2.55. The number of nitrogen functional groups attached to an aromatic ring is 1. The van der Waals surface area contributed by atoms with Crippen LogP contribution in [0.3, 0.4) is 0 Å². The van der Waals surface area contributed by atoms with Crippen molar-refractivity contribution in [3.05, 3.63) is 35.7 Å². The van der Waals surface area contributed by atoms with E-state index in [0.29, 0.717) is 28.1 Å². The zero-order valence-corrected chi connectivity index (χ0v) is 19.7. The van der Waals surface area contributed by atoms with Gasteiger partial charge in [-0.25, -0.2) is 14.4 Å². The van der Waals surface area contributed by atoms with E-state index >= 15 is 0 Å². The van der Waals surface area contributed by atoms with Gasteiger partial charge in [0.1, 0.15) is 17.1 Å². The van der Waals surface area contributed by atoms with E-state index in [1.807, 2.05) is 24.7 Å². The number of aliphatic hydroxyl groups is 1. The molecule has 4 aromatic rings. The Balaban J connectivity index is 1.50. The van der Waals surface area contributed by atoms with E-state index in [9.17, 15) is 9.50 Å². The number of benzene rings is 1. The van der Waals surface area contributed by atoms with Crippen LogP contribution < -0.4 is 15.4 Å². The normalized spacial score (nSPS) is 18.5. The molecule has 3 N–H and O–H groups in total. The topological polar surface area (TPSA) is 120 Å². The summed E-state index contributed by atoms with van der Waals surface area (Å²) < 4.78 is 22.9. The molecule has 1 saturated heterocycles. The average Bonchev–Trinajstić information content (AvgIpc) is 3.44. The van der Waals surface area contributed by atoms with Gasteiger partial charge >= 0.3 is 0 Å². The van der Waals surface area contributed by atoms with Gasteiger partial charge in [0.15, 0.2) is 11.5 Å². The lowest BCUT2D eigenvalue weighted by Crippen LogP contribution is -2.35. The number of anilines is 2. The van der Waals surface area contributed by atoms with E-state index in [1.54, 1.807) is 6.92 Å². The van der Waals surface area contributed by atoms with Crippen molar-refractivity contribution in [2.24, 2.45) is 0 Å². The van der Waals surface area contributed by atoms with Crippen molar-refractivity contribution in [2.45, 2.75) is 51.7 Å². The van der Waals surface area contributed by atoms with Crippen LogP contribution in [0.5, 0.6) is 5.75 Å². The molecule has 10 nitrogen and oxygen atoms in total. The lowest BCUT2D eigenvalue weighted by atomic mass is 9.97. The molecule has 1 aromatic carbocycles. The number of methoxy groups -OCH3 is 1. The third kappa shape index (κ3) is 3.60. The van der Waals surface area contributed by atoms with Crippen LogP contribution in [0.4, 0.5) is 16.0 Å². The molecule has 0 aliphatic carbocycles. The summed E-state index contributed by atoms with van der Waals surface area (Å²) >= 11 is 0. The summed E-state index contributed by atoms with van der Waals surface area (Å²) in [5, 5.41) is 19.7. The number of rotatable bonds is 5. The fourth-order valence-electron chi connectivity index (χ4n) is 4.76. The summed E-state index contributed by atoms with van der Waals surface area (Å²) in [7, 11) is 1.47. The highest BCUT2D eigenvalue weighted by atomic mass is 19.1. The molecule has 0 saturated carbocycles. The maximum atomic E-state index is 14.2. The molecule has 1 aliphatic heterocycles. The number of nitrogens with two attached hydrogens (primary N) is 1. The lowest BCUT2D eigenvalue weighted by molar-refractivity contribution is 0.131. The van der Waals surface area contributed by atoms with Crippen molar-refractivity contribution < 1.29 is 14.2 Å². The first-order valence-corrected chi connectivity index (χ1v) is 11.4. The molecule has 1 fully saturated rings. The second-order valence-electron chi connectivity index (χ2n) is 9.01. The van der Waals surface area contributed by atoms with Crippen LogP contribution in [0.2, 0.25) is 0 Å². The minimum absolute atomic E-state index is 0.0653. The Morgan fingerprint density at radius 1 is 1.26 bits per heavy atom. The monoisotopic (exact) mass is 468 g/mol. The Morgan fingerprint density at radius 2 is 2.06 bits per heavy atom. The van der Waals surface area contributed by atoms with Crippen LogP contribution in [0.1, 0.15) is 50.2 Å². The van der Waals surface area contributed by atoms with Gasteiger partial charge in [0.2, 0.25) is 5.95 Å². The van der Waals surface area contributed by atoms with Gasteiger partial charge in [-0.2, -0.15) is 9.61 Å². The molecular weight excluding hydrogens is 439 g/mol. The van der Waals surface area contributed by atoms with Gasteiger partial charge in [-0.1, -0.05) is 0 Å². The zero-order valence-electron chi connectivity index (χ0n) is 19.7. The fraction of sp³-hybridized carbons (Fsp3) is 0.478. The first-order chi connectivity index (χ1) is 16.3. The lowest BCUT2D eigenvalue weighted by Gasteiger charge is -2.33. The number of hydrogen-bond donors (Lipinski definition) is 2. The number of fused-ring (bicyclic) bond motifs is 3. The fourth-order valence-corrected chi connectivity index (χ4v) is 4.76. The molecule has 0 bridgehead atoms. The third-order valence-electron chi connectivity index (χ3n) is 6.80. The smallest absolute Gasteiger partial charge is 0.223 e. The predicted octanol–water partition coefficient (Wildman–Crippen LogP) is 2.84. The molecule has 0 spiro atoms. The molecule has 5 rings (SSSR count). The molecule has 3 aromatic heterocycles. The van der Waals surface area contributed by atoms with Crippen LogP contribution in [0, 0.1) is 12.7 Å². The summed E-state index contributed by atoms with van der Waals surface area (Å²) in [5.41, 5.74) is 9.15. The van der Waals surface area contributed by atoms with Crippen molar-refractivity contribution in [1.82, 2.24) is 29.4 Å². The van der Waals surface area contributed by atoms with Crippen LogP contribution in [-0.4, -0.2) is 60.8 Å². The summed E-state index contributed by atoms with van der Waals surface area (Å²) in [6.07, 6.45) is 3.25. The Kier molecular flexibility index (Phi) is 5.51. The summed E-state index contributed by atoms with van der Waals surface area (Å²) in [4.78, 5) is 11.5. The molecule has 0 radical (unpaired) electrons. The number of aliphatic hydroxyl groups excluding tert-OH is 1. The standard InChI is InChI=1S/C23H29FN8O2/c1-12(14(3)33)31-13(2)18(10-26-31)30-7-5-6-15(11-30)21-28-22-17-8-16(24)9-19(34-4)20(17)27-23(25)32(22)29-21/h8-10,12,14-15,33H,5-7,11H2,1-4H3,(H2,25,27)/t12-,14-,15-/m1/s1. The number of nitrogens with zero attached hydrogens (tertiary/aromatic N) is 7. The number of aromatic nitrogens is 6. The van der Waals surface area contributed by atoms with Crippen molar-refractivity contribution in [1.29, 1.82) is 0 Å². The molecule has 0 amide bonds. The van der Waals surface area contributed by atoms with Crippen LogP contribution >= 0.6 is 0 Å². The number of ether oxygens (including phenoxy) is 1. The molecule has 3 atom stereocenters. The number of halogens is 1. The zero-order chi connectivity index (χ0) is 24.1. The number of piperidine rings is 1. The average molecular weight is 469 g/mol. The van der Waals surface area contributed by atoms with E-state index < -0.39 is 11.9 Å². The van der Waals surface area contributed by atoms with Gasteiger partial charge in [0.05, 0.1) is 42.2 Å². The van der Waals surface area contributed by atoms with Gasteiger partial charge in [-0.05, 0) is 39.7 Å². The predicted molar refractivity (Wildman–Crippen MR) is 127 cm³/mol. The largest absolute Gasteiger partial charge is 0.494 e. The maximum Gasteiger partial charge on any atom is 0.223 e. The maximum absolute atomic E-state index is 14.2. The molecule has 1 aliphatic rings. The quantitative estimate of drug-likeness (QED) is 0.459. The van der Waals surface area contributed by atoms with E-state index in [-0.39, 0.29) is 17.9 Å². The minimum atomic E-state index is -0.500. The molecule has 4 heterocycles. The first-order valence-electron chi connectivity index (χ1n) is 11.4. The molecule has 180 valence electrons. The van der Waals surface area contributed by atoms with Gasteiger partial charge < -0.3 is 20.5 Å². The van der Waals surface area contributed by atoms with Crippen LogP contribution in [0.25, 0.3) is 16.6 Å². The van der Waals surface area contributed by atoms with Crippen LogP contribution in [0.15, 0.2) is 18.3 Å². The Labute approximate surface area is 196 Å². The summed E-state index contributed by atoms with van der Waals surface area (Å²) in [6.45, 7) is 7.36. The van der Waals surface area contributed by atoms with Crippen molar-refractivity contribution in [3.8, 4) is 5.75 Å². The van der Waals surface area contributed by atoms with Crippen molar-refractivity contribution >= 4 is 28.2 Å². The van der Waals surface area contributed by atoms with E-state index in [4.69, 9.17) is 15.5 Å². The van der Waals surface area contributed by atoms with Gasteiger partial charge in [0.25, 0.3) is 0 Å². The van der Waals surface area contributed by atoms with Gasteiger partial charge in [-0.3, -0.25) is 4.68 Å². The highest BCUT2D eigenvalue weighted by molar-refractivity contribution is 5.95. The highest BCUT2D eigenvalue weighted by Gasteiger charge is 2.28. The number of hydrogen-bond acceptors (Lipinski definition) is 8. The van der Waals surface area contributed by atoms with Crippen molar-refractivity contribution in [2.75, 3.05) is 30.8 Å². The highest BCUT2D eigenvalue weighted by Crippen LogP contribution is 2.33. The van der Waals surface area contributed by atoms with E-state index in [0.717, 1.165) is 37.3 Å². The molecule has 11 heteroatoms. The molecule has 34 heavy (non-hydrogen) atoms.